The van der Waals surface area contributed by atoms with Crippen LogP contribution in [0, 0.1) is 5.92 Å². The summed E-state index contributed by atoms with van der Waals surface area (Å²) in [4.78, 5) is 19.1. The van der Waals surface area contributed by atoms with Gasteiger partial charge in [-0.2, -0.15) is 4.98 Å². The van der Waals surface area contributed by atoms with Crippen molar-refractivity contribution in [1.82, 2.24) is 15.0 Å². The van der Waals surface area contributed by atoms with Gasteiger partial charge in [0.1, 0.15) is 0 Å². The fourth-order valence-corrected chi connectivity index (χ4v) is 4.64. The molecule has 3 aliphatic rings. The van der Waals surface area contributed by atoms with E-state index in [0.717, 1.165) is 51.0 Å². The lowest BCUT2D eigenvalue weighted by Crippen LogP contribution is -2.38. The summed E-state index contributed by atoms with van der Waals surface area (Å²) in [5, 5.41) is 4.15. The minimum atomic E-state index is -0.427. The van der Waals surface area contributed by atoms with Crippen molar-refractivity contribution in [2.45, 2.75) is 82.2 Å². The maximum atomic E-state index is 12.5. The number of nitrogens with zero attached hydrogens (tertiary/aromatic N) is 3. The highest BCUT2D eigenvalue weighted by molar-refractivity contribution is 5.85. The summed E-state index contributed by atoms with van der Waals surface area (Å²) in [6.07, 6.45) is 9.27. The van der Waals surface area contributed by atoms with Gasteiger partial charge in [-0.25, -0.2) is 0 Å². The first kappa shape index (κ1) is 18.6. The highest BCUT2D eigenvalue weighted by Crippen LogP contribution is 2.37. The Morgan fingerprint density at radius 2 is 1.88 bits per heavy atom. The molecule has 2 saturated carbocycles. The van der Waals surface area contributed by atoms with Crippen molar-refractivity contribution in [2.24, 2.45) is 11.7 Å². The van der Waals surface area contributed by atoms with Gasteiger partial charge in [0.15, 0.2) is 5.82 Å². The summed E-state index contributed by atoms with van der Waals surface area (Å²) in [6.45, 7) is 3.02. The van der Waals surface area contributed by atoms with Gasteiger partial charge in [-0.05, 0) is 44.4 Å². The first-order valence-electron chi connectivity index (χ1n) is 9.47. The van der Waals surface area contributed by atoms with E-state index in [-0.39, 0.29) is 24.2 Å². The Bertz CT molecular complexity index is 606. The summed E-state index contributed by atoms with van der Waals surface area (Å²) in [5.41, 5.74) is 5.99. The van der Waals surface area contributed by atoms with Crippen LogP contribution in [-0.4, -0.2) is 33.5 Å². The lowest BCUT2D eigenvalue weighted by molar-refractivity contribution is -0.130. The minimum Gasteiger partial charge on any atom is -0.339 e. The Balaban J connectivity index is 0.00000182. The molecule has 1 amide bonds. The summed E-state index contributed by atoms with van der Waals surface area (Å²) < 4.78 is 5.51. The molecular formula is C18H29ClN4O2. The second-order valence-electron chi connectivity index (χ2n) is 8.18. The SMILES string of the molecule is CC1CCC(N2CC(c3nc(C4(N)CCCC4)no3)CC2=O)CC1.Cl. The van der Waals surface area contributed by atoms with Gasteiger partial charge in [0.05, 0.1) is 11.5 Å². The van der Waals surface area contributed by atoms with Crippen LogP contribution in [0.2, 0.25) is 0 Å². The Morgan fingerprint density at radius 3 is 2.56 bits per heavy atom. The van der Waals surface area contributed by atoms with Crippen LogP contribution in [0.25, 0.3) is 0 Å². The number of rotatable bonds is 3. The molecule has 3 fully saturated rings. The molecule has 1 saturated heterocycles. The first-order chi connectivity index (χ1) is 11.5. The average molecular weight is 369 g/mol. The summed E-state index contributed by atoms with van der Waals surface area (Å²) >= 11 is 0. The quantitative estimate of drug-likeness (QED) is 0.885. The first-order valence-corrected chi connectivity index (χ1v) is 9.47. The van der Waals surface area contributed by atoms with Gasteiger partial charge < -0.3 is 15.2 Å². The monoisotopic (exact) mass is 368 g/mol. The van der Waals surface area contributed by atoms with Crippen LogP contribution < -0.4 is 5.73 Å². The largest absolute Gasteiger partial charge is 0.339 e. The standard InChI is InChI=1S/C18H28N4O2.ClH/c1-12-4-6-14(7-5-12)22-11-13(10-15(22)23)16-20-17(21-24-16)18(19)8-2-3-9-18;/h12-14H,2-11,19H2,1H3;1H. The minimum absolute atomic E-state index is 0. The lowest BCUT2D eigenvalue weighted by Gasteiger charge is -2.33. The van der Waals surface area contributed by atoms with Crippen LogP contribution in [0.4, 0.5) is 0 Å². The molecule has 7 heteroatoms. The molecule has 0 bridgehead atoms. The third-order valence-corrected chi connectivity index (χ3v) is 6.32. The molecule has 6 nitrogen and oxygen atoms in total. The van der Waals surface area contributed by atoms with Gasteiger partial charge >= 0.3 is 0 Å². The highest BCUT2D eigenvalue weighted by atomic mass is 35.5. The topological polar surface area (TPSA) is 85.2 Å². The van der Waals surface area contributed by atoms with E-state index >= 15 is 0 Å². The molecule has 1 atom stereocenters. The molecule has 140 valence electrons. The Morgan fingerprint density at radius 1 is 1.20 bits per heavy atom. The molecule has 0 spiro atoms. The molecule has 1 aromatic rings. The zero-order chi connectivity index (χ0) is 16.7. The average Bonchev–Trinajstić information content (AvgIpc) is 3.28. The van der Waals surface area contributed by atoms with Crippen LogP contribution in [0.1, 0.15) is 82.3 Å². The summed E-state index contributed by atoms with van der Waals surface area (Å²) in [6, 6.07) is 0.400. The van der Waals surface area contributed by atoms with E-state index in [0.29, 0.717) is 24.2 Å². The molecule has 2 N–H and O–H groups in total. The third-order valence-electron chi connectivity index (χ3n) is 6.32. The molecule has 1 unspecified atom stereocenters. The molecule has 2 aliphatic carbocycles. The third kappa shape index (κ3) is 3.56. The number of aromatic nitrogens is 2. The molecule has 1 aromatic heterocycles. The predicted octanol–water partition coefficient (Wildman–Crippen LogP) is 3.11. The van der Waals surface area contributed by atoms with Crippen molar-refractivity contribution in [3.05, 3.63) is 11.7 Å². The normalized spacial score (nSPS) is 32.0. The molecule has 2 heterocycles. The second-order valence-corrected chi connectivity index (χ2v) is 8.18. The maximum Gasteiger partial charge on any atom is 0.232 e. The van der Waals surface area contributed by atoms with Crippen molar-refractivity contribution in [3.63, 3.8) is 0 Å². The summed E-state index contributed by atoms with van der Waals surface area (Å²) in [7, 11) is 0. The number of hydrogen-bond acceptors (Lipinski definition) is 5. The number of carbonyl (C=O) groups is 1. The zero-order valence-corrected chi connectivity index (χ0v) is 15.8. The smallest absolute Gasteiger partial charge is 0.232 e. The zero-order valence-electron chi connectivity index (χ0n) is 14.9. The Labute approximate surface area is 155 Å². The van der Waals surface area contributed by atoms with E-state index < -0.39 is 5.54 Å². The van der Waals surface area contributed by atoms with Crippen LogP contribution >= 0.6 is 12.4 Å². The predicted molar refractivity (Wildman–Crippen MR) is 96.4 cm³/mol. The number of carbonyl (C=O) groups excluding carboxylic acids is 1. The fourth-order valence-electron chi connectivity index (χ4n) is 4.64. The molecule has 4 rings (SSSR count). The van der Waals surface area contributed by atoms with E-state index in [4.69, 9.17) is 10.3 Å². The molecular weight excluding hydrogens is 340 g/mol. The van der Waals surface area contributed by atoms with E-state index in [2.05, 4.69) is 22.0 Å². The van der Waals surface area contributed by atoms with Crippen LogP contribution in [-0.2, 0) is 10.3 Å². The molecule has 1 aliphatic heterocycles. The number of likely N-dealkylation sites (tertiary alicyclic amines) is 1. The van der Waals surface area contributed by atoms with E-state index in [9.17, 15) is 4.79 Å². The molecule has 0 radical (unpaired) electrons. The van der Waals surface area contributed by atoms with E-state index in [1.807, 2.05) is 0 Å². The molecule has 25 heavy (non-hydrogen) atoms. The van der Waals surface area contributed by atoms with Crippen molar-refractivity contribution in [2.75, 3.05) is 6.54 Å². The highest BCUT2D eigenvalue weighted by Gasteiger charge is 2.41. The van der Waals surface area contributed by atoms with Gasteiger partial charge in [0, 0.05) is 19.0 Å². The van der Waals surface area contributed by atoms with Crippen LogP contribution in [0.3, 0.4) is 0 Å². The van der Waals surface area contributed by atoms with Gasteiger partial charge in [-0.15, -0.1) is 12.4 Å². The van der Waals surface area contributed by atoms with Gasteiger partial charge in [0.25, 0.3) is 0 Å². The Hall–Kier alpha value is -1.14. The van der Waals surface area contributed by atoms with Gasteiger partial charge in [-0.3, -0.25) is 4.79 Å². The van der Waals surface area contributed by atoms with Crippen molar-refractivity contribution < 1.29 is 9.32 Å². The second kappa shape index (κ2) is 7.23. The Kier molecular flexibility index (Phi) is 5.40. The molecule has 0 aromatic carbocycles. The van der Waals surface area contributed by atoms with Gasteiger partial charge in [-0.1, -0.05) is 24.9 Å². The maximum absolute atomic E-state index is 12.5. The van der Waals surface area contributed by atoms with Crippen molar-refractivity contribution >= 4 is 18.3 Å². The van der Waals surface area contributed by atoms with Crippen LogP contribution in [0.5, 0.6) is 0 Å². The number of nitrogens with two attached hydrogens (primary N) is 1. The number of halogens is 1. The number of hydrogen-bond donors (Lipinski definition) is 1. The van der Waals surface area contributed by atoms with Crippen molar-refractivity contribution in [3.8, 4) is 0 Å². The van der Waals surface area contributed by atoms with E-state index in [1.54, 1.807) is 0 Å². The van der Waals surface area contributed by atoms with Gasteiger partial charge in [0.2, 0.25) is 11.8 Å². The summed E-state index contributed by atoms with van der Waals surface area (Å²) in [5.74, 6) is 2.29. The van der Waals surface area contributed by atoms with Crippen LogP contribution in [0.15, 0.2) is 4.52 Å². The van der Waals surface area contributed by atoms with E-state index in [1.165, 1.54) is 12.8 Å². The number of amides is 1. The fraction of sp³-hybridized carbons (Fsp3) is 0.833. The van der Waals surface area contributed by atoms with Crippen molar-refractivity contribution in [1.29, 1.82) is 0 Å². The lowest BCUT2D eigenvalue weighted by atomic mass is 9.87.